The van der Waals surface area contributed by atoms with Crippen LogP contribution in [-0.2, 0) is 10.0 Å². The lowest BCUT2D eigenvalue weighted by Crippen LogP contribution is -2.36. The number of piperidine rings is 1. The van der Waals surface area contributed by atoms with Gasteiger partial charge in [-0.25, -0.2) is 8.42 Å². The van der Waals surface area contributed by atoms with Crippen LogP contribution in [0.3, 0.4) is 0 Å². The minimum atomic E-state index is -3.74. The molecule has 1 amide bonds. The monoisotopic (exact) mass is 450 g/mol. The summed E-state index contributed by atoms with van der Waals surface area (Å²) >= 11 is 6.21. The van der Waals surface area contributed by atoms with Crippen molar-refractivity contribution in [1.29, 1.82) is 0 Å². The Hall–Kier alpha value is -2.09. The number of benzene rings is 2. The Bertz CT molecular complexity index is 987. The van der Waals surface area contributed by atoms with Crippen molar-refractivity contribution in [3.8, 4) is 5.75 Å². The molecule has 0 saturated carbocycles. The van der Waals surface area contributed by atoms with Gasteiger partial charge in [0.15, 0.2) is 0 Å². The third-order valence-corrected chi connectivity index (χ3v) is 7.74. The minimum absolute atomic E-state index is 0.0174. The van der Waals surface area contributed by atoms with E-state index in [0.29, 0.717) is 19.5 Å². The van der Waals surface area contributed by atoms with Gasteiger partial charge in [0.1, 0.15) is 10.6 Å². The Morgan fingerprint density at radius 2 is 1.80 bits per heavy atom. The molecule has 2 aromatic carbocycles. The molecule has 6 nitrogen and oxygen atoms in total. The second kappa shape index (κ2) is 9.81. The molecule has 162 valence electrons. The molecular weight excluding hydrogens is 424 g/mol. The molecule has 1 heterocycles. The largest absolute Gasteiger partial charge is 0.497 e. The standard InChI is InChI=1S/C22H27ClN2O4S/c1-3-20(16-7-10-18(29-2)11-8-16)24-22(26)17-9-12-19(23)21(15-17)30(27,28)25-13-5-4-6-14-25/h7-12,15,20H,3-6,13-14H2,1-2H3,(H,24,26)/t20-/m0/s1. The van der Waals surface area contributed by atoms with Gasteiger partial charge in [-0.3, -0.25) is 4.79 Å². The Morgan fingerprint density at radius 1 is 1.13 bits per heavy atom. The first-order valence-corrected chi connectivity index (χ1v) is 11.9. The maximum absolute atomic E-state index is 13.0. The summed E-state index contributed by atoms with van der Waals surface area (Å²) in [7, 11) is -2.13. The van der Waals surface area contributed by atoms with Crippen LogP contribution in [0.2, 0.25) is 5.02 Å². The molecule has 30 heavy (non-hydrogen) atoms. The molecule has 1 saturated heterocycles. The fraction of sp³-hybridized carbons (Fsp3) is 0.409. The molecule has 8 heteroatoms. The average Bonchev–Trinajstić information content (AvgIpc) is 2.78. The van der Waals surface area contributed by atoms with Gasteiger partial charge in [-0.2, -0.15) is 4.31 Å². The number of halogens is 1. The number of amides is 1. The molecule has 1 N–H and O–H groups in total. The SMILES string of the molecule is CC[C@H](NC(=O)c1ccc(Cl)c(S(=O)(=O)N2CCCCC2)c1)c1ccc(OC)cc1. The van der Waals surface area contributed by atoms with E-state index in [1.807, 2.05) is 31.2 Å². The van der Waals surface area contributed by atoms with Gasteiger partial charge in [0.25, 0.3) is 5.91 Å². The molecular formula is C22H27ClN2O4S. The number of sulfonamides is 1. The molecule has 3 rings (SSSR count). The van der Waals surface area contributed by atoms with Crippen LogP contribution in [0.5, 0.6) is 5.75 Å². The maximum atomic E-state index is 13.0. The van der Waals surface area contributed by atoms with E-state index in [1.165, 1.54) is 16.4 Å². The van der Waals surface area contributed by atoms with Gasteiger partial charge in [0, 0.05) is 18.7 Å². The van der Waals surface area contributed by atoms with Crippen LogP contribution in [0.1, 0.15) is 54.6 Å². The van der Waals surface area contributed by atoms with Crippen LogP contribution in [0, 0.1) is 0 Å². The van der Waals surface area contributed by atoms with Crippen molar-refractivity contribution in [2.24, 2.45) is 0 Å². The van der Waals surface area contributed by atoms with Crippen molar-refractivity contribution in [2.75, 3.05) is 20.2 Å². The summed E-state index contributed by atoms with van der Waals surface area (Å²) in [6, 6.07) is 11.7. The van der Waals surface area contributed by atoms with Gasteiger partial charge in [-0.15, -0.1) is 0 Å². The lowest BCUT2D eigenvalue weighted by atomic mass is 10.0. The van der Waals surface area contributed by atoms with Gasteiger partial charge in [-0.05, 0) is 55.2 Å². The Kier molecular flexibility index (Phi) is 7.39. The van der Waals surface area contributed by atoms with Gasteiger partial charge in [0.05, 0.1) is 18.2 Å². The molecule has 1 fully saturated rings. The topological polar surface area (TPSA) is 75.7 Å². The van der Waals surface area contributed by atoms with Crippen molar-refractivity contribution >= 4 is 27.5 Å². The van der Waals surface area contributed by atoms with E-state index in [-0.39, 0.29) is 27.4 Å². The number of ether oxygens (including phenoxy) is 1. The summed E-state index contributed by atoms with van der Waals surface area (Å²) in [6.45, 7) is 2.93. The first-order chi connectivity index (χ1) is 14.4. The molecule has 1 atom stereocenters. The van der Waals surface area contributed by atoms with Crippen molar-refractivity contribution < 1.29 is 17.9 Å². The van der Waals surface area contributed by atoms with E-state index in [2.05, 4.69) is 5.32 Å². The number of nitrogens with one attached hydrogen (secondary N) is 1. The highest BCUT2D eigenvalue weighted by Crippen LogP contribution is 2.28. The molecule has 1 aliphatic rings. The number of hydrogen-bond acceptors (Lipinski definition) is 4. The lowest BCUT2D eigenvalue weighted by molar-refractivity contribution is 0.0935. The average molecular weight is 451 g/mol. The second-order valence-electron chi connectivity index (χ2n) is 7.32. The summed E-state index contributed by atoms with van der Waals surface area (Å²) in [6.07, 6.45) is 3.37. The van der Waals surface area contributed by atoms with Crippen LogP contribution in [-0.4, -0.2) is 38.8 Å². The smallest absolute Gasteiger partial charge is 0.251 e. The highest BCUT2D eigenvalue weighted by molar-refractivity contribution is 7.89. The van der Waals surface area contributed by atoms with E-state index in [0.717, 1.165) is 30.6 Å². The van der Waals surface area contributed by atoms with Gasteiger partial charge in [-0.1, -0.05) is 37.1 Å². The van der Waals surface area contributed by atoms with Crippen LogP contribution in [0.25, 0.3) is 0 Å². The summed E-state index contributed by atoms with van der Waals surface area (Å²) < 4.78 is 32.7. The van der Waals surface area contributed by atoms with E-state index >= 15 is 0 Å². The summed E-state index contributed by atoms with van der Waals surface area (Å²) in [5, 5.41) is 3.11. The molecule has 0 radical (unpaired) electrons. The summed E-state index contributed by atoms with van der Waals surface area (Å²) in [5.41, 5.74) is 1.21. The van der Waals surface area contributed by atoms with E-state index in [4.69, 9.17) is 16.3 Å². The van der Waals surface area contributed by atoms with Crippen LogP contribution in [0.4, 0.5) is 0 Å². The fourth-order valence-electron chi connectivity index (χ4n) is 3.59. The van der Waals surface area contributed by atoms with Crippen LogP contribution in [0.15, 0.2) is 47.4 Å². The highest BCUT2D eigenvalue weighted by Gasteiger charge is 2.29. The summed E-state index contributed by atoms with van der Waals surface area (Å²) in [5.74, 6) is 0.398. The van der Waals surface area contributed by atoms with Gasteiger partial charge >= 0.3 is 0 Å². The molecule has 1 aliphatic heterocycles. The van der Waals surface area contributed by atoms with Crippen molar-refractivity contribution in [1.82, 2.24) is 9.62 Å². The number of hydrogen-bond donors (Lipinski definition) is 1. The zero-order chi connectivity index (χ0) is 21.7. The van der Waals surface area contributed by atoms with Crippen molar-refractivity contribution in [2.45, 2.75) is 43.5 Å². The Balaban J connectivity index is 1.82. The Morgan fingerprint density at radius 3 is 2.40 bits per heavy atom. The quantitative estimate of drug-likeness (QED) is 0.678. The number of carbonyl (C=O) groups excluding carboxylic acids is 1. The van der Waals surface area contributed by atoms with E-state index < -0.39 is 10.0 Å². The van der Waals surface area contributed by atoms with Crippen LogP contribution < -0.4 is 10.1 Å². The van der Waals surface area contributed by atoms with Gasteiger partial charge in [0.2, 0.25) is 10.0 Å². The molecule has 2 aromatic rings. The predicted molar refractivity (Wildman–Crippen MR) is 118 cm³/mol. The first-order valence-electron chi connectivity index (χ1n) is 10.1. The number of methoxy groups -OCH3 is 1. The van der Waals surface area contributed by atoms with Gasteiger partial charge < -0.3 is 10.1 Å². The maximum Gasteiger partial charge on any atom is 0.251 e. The number of nitrogens with zero attached hydrogens (tertiary/aromatic N) is 1. The molecule has 0 spiro atoms. The molecule has 0 bridgehead atoms. The molecule has 0 aromatic heterocycles. The zero-order valence-corrected chi connectivity index (χ0v) is 18.8. The van der Waals surface area contributed by atoms with E-state index in [1.54, 1.807) is 13.2 Å². The minimum Gasteiger partial charge on any atom is -0.497 e. The van der Waals surface area contributed by atoms with E-state index in [9.17, 15) is 13.2 Å². The van der Waals surface area contributed by atoms with Crippen LogP contribution >= 0.6 is 11.6 Å². The zero-order valence-electron chi connectivity index (χ0n) is 17.2. The molecule has 0 unspecified atom stereocenters. The normalized spacial score (nSPS) is 16.1. The van der Waals surface area contributed by atoms with Crippen molar-refractivity contribution in [3.05, 3.63) is 58.6 Å². The fourth-order valence-corrected chi connectivity index (χ4v) is 5.60. The molecule has 0 aliphatic carbocycles. The number of rotatable bonds is 7. The van der Waals surface area contributed by atoms with Crippen molar-refractivity contribution in [3.63, 3.8) is 0 Å². The lowest BCUT2D eigenvalue weighted by Gasteiger charge is -2.26. The third-order valence-electron chi connectivity index (χ3n) is 5.36. The number of carbonyl (C=O) groups is 1. The second-order valence-corrected chi connectivity index (χ2v) is 9.63. The predicted octanol–water partition coefficient (Wildman–Crippen LogP) is 4.40. The highest BCUT2D eigenvalue weighted by atomic mass is 35.5. The Labute approximate surface area is 183 Å². The third kappa shape index (κ3) is 4.96. The summed E-state index contributed by atoms with van der Waals surface area (Å²) in [4.78, 5) is 12.9. The first kappa shape index (κ1) is 22.6.